The largest absolute Gasteiger partial charge is 0.490 e. The molecule has 0 aromatic heterocycles. The fraction of sp³-hybridized carbons (Fsp3) is 0.500. The summed E-state index contributed by atoms with van der Waals surface area (Å²) < 4.78 is 11.4. The van der Waals surface area contributed by atoms with Crippen molar-refractivity contribution in [3.63, 3.8) is 0 Å². The van der Waals surface area contributed by atoms with Crippen molar-refractivity contribution in [2.45, 2.75) is 79.4 Å². The van der Waals surface area contributed by atoms with E-state index >= 15 is 0 Å². The quantitative estimate of drug-likeness (QED) is 0.446. The van der Waals surface area contributed by atoms with Crippen LogP contribution in [0, 0.1) is 6.92 Å². The van der Waals surface area contributed by atoms with E-state index in [0.717, 1.165) is 23.1 Å². The van der Waals surface area contributed by atoms with Crippen LogP contribution in [-0.2, 0) is 22.6 Å². The number of aryl methyl sites for hydroxylation is 2. The zero-order valence-electron chi connectivity index (χ0n) is 21.5. The van der Waals surface area contributed by atoms with Crippen LogP contribution in [0.1, 0.15) is 64.2 Å². The van der Waals surface area contributed by atoms with Gasteiger partial charge in [-0.3, -0.25) is 9.59 Å². The summed E-state index contributed by atoms with van der Waals surface area (Å²) in [5.41, 5.74) is 3.15. The van der Waals surface area contributed by atoms with E-state index in [-0.39, 0.29) is 17.9 Å². The first kappa shape index (κ1) is 27.2. The highest BCUT2D eigenvalue weighted by Crippen LogP contribution is 2.29. The molecule has 0 heterocycles. The van der Waals surface area contributed by atoms with Crippen molar-refractivity contribution in [3.05, 3.63) is 59.2 Å². The summed E-state index contributed by atoms with van der Waals surface area (Å²) in [5, 5.41) is 3.01. The molecule has 0 aliphatic carbocycles. The summed E-state index contributed by atoms with van der Waals surface area (Å²) in [4.78, 5) is 27.9. The van der Waals surface area contributed by atoms with Crippen molar-refractivity contribution in [1.29, 1.82) is 0 Å². The molecule has 0 aliphatic rings. The average Bonchev–Trinajstić information content (AvgIpc) is 2.83. The van der Waals surface area contributed by atoms with Crippen LogP contribution >= 0.6 is 0 Å². The van der Waals surface area contributed by atoms with Crippen molar-refractivity contribution in [2.24, 2.45) is 0 Å². The van der Waals surface area contributed by atoms with Gasteiger partial charge in [0, 0.05) is 19.0 Å². The van der Waals surface area contributed by atoms with E-state index in [2.05, 4.69) is 5.32 Å². The molecule has 0 bridgehead atoms. The Morgan fingerprint density at radius 2 is 1.53 bits per heavy atom. The monoisotopic (exact) mass is 468 g/mol. The van der Waals surface area contributed by atoms with E-state index in [1.54, 1.807) is 11.8 Å². The molecule has 6 heteroatoms. The fourth-order valence-electron chi connectivity index (χ4n) is 3.58. The molecule has 0 unspecified atom stereocenters. The molecule has 1 N–H and O–H groups in total. The van der Waals surface area contributed by atoms with Gasteiger partial charge in [0.05, 0.1) is 13.2 Å². The van der Waals surface area contributed by atoms with Crippen LogP contribution < -0.4 is 14.8 Å². The van der Waals surface area contributed by atoms with E-state index in [1.807, 2.05) is 77.1 Å². The van der Waals surface area contributed by atoms with Gasteiger partial charge in [0.15, 0.2) is 11.5 Å². The molecule has 2 aromatic carbocycles. The second-order valence-electron chi connectivity index (χ2n) is 8.65. The number of rotatable bonds is 13. The molecule has 0 spiro atoms. The van der Waals surface area contributed by atoms with Crippen molar-refractivity contribution in [3.8, 4) is 11.5 Å². The van der Waals surface area contributed by atoms with Crippen LogP contribution in [0.3, 0.4) is 0 Å². The molecule has 2 amide bonds. The summed E-state index contributed by atoms with van der Waals surface area (Å²) in [7, 11) is 0. The second-order valence-corrected chi connectivity index (χ2v) is 8.65. The molecule has 2 rings (SSSR count). The Balaban J connectivity index is 2.17. The SMILES string of the molecule is CCOc1ccc(CCC(=O)N(Cc2ccc(C)cc2)[C@H](C)C(=O)N[C@H](C)CC)cc1OCC. The van der Waals surface area contributed by atoms with Crippen molar-refractivity contribution < 1.29 is 19.1 Å². The van der Waals surface area contributed by atoms with Crippen molar-refractivity contribution in [2.75, 3.05) is 13.2 Å². The Kier molecular flexibility index (Phi) is 10.9. The fourth-order valence-corrected chi connectivity index (χ4v) is 3.58. The third-order valence-corrected chi connectivity index (χ3v) is 5.88. The van der Waals surface area contributed by atoms with Gasteiger partial charge in [-0.15, -0.1) is 0 Å². The number of hydrogen-bond donors (Lipinski definition) is 1. The molecular weight excluding hydrogens is 428 g/mol. The van der Waals surface area contributed by atoms with Gasteiger partial charge in [0.1, 0.15) is 6.04 Å². The van der Waals surface area contributed by atoms with Gasteiger partial charge >= 0.3 is 0 Å². The first-order valence-electron chi connectivity index (χ1n) is 12.3. The van der Waals surface area contributed by atoms with Gasteiger partial charge < -0.3 is 19.7 Å². The van der Waals surface area contributed by atoms with E-state index in [9.17, 15) is 9.59 Å². The number of amides is 2. The molecular formula is C28H40N2O4. The van der Waals surface area contributed by atoms with Crippen molar-refractivity contribution in [1.82, 2.24) is 10.2 Å². The average molecular weight is 469 g/mol. The maximum Gasteiger partial charge on any atom is 0.242 e. The molecule has 6 nitrogen and oxygen atoms in total. The highest BCUT2D eigenvalue weighted by atomic mass is 16.5. The minimum Gasteiger partial charge on any atom is -0.490 e. The Morgan fingerprint density at radius 1 is 0.912 bits per heavy atom. The molecule has 2 atom stereocenters. The first-order valence-corrected chi connectivity index (χ1v) is 12.3. The summed E-state index contributed by atoms with van der Waals surface area (Å²) in [6, 6.07) is 13.4. The summed E-state index contributed by atoms with van der Waals surface area (Å²) in [6.07, 6.45) is 1.69. The lowest BCUT2D eigenvalue weighted by Gasteiger charge is -2.30. The standard InChI is InChI=1S/C28H40N2O4/c1-7-21(5)29-28(32)22(6)30(19-24-12-10-20(4)11-13-24)27(31)17-15-23-14-16-25(33-8-2)26(18-23)34-9-3/h10-14,16,18,21-22H,7-9,15,17,19H2,1-6H3,(H,29,32)/t21-,22-/m1/s1. The molecule has 2 aromatic rings. The van der Waals surface area contributed by atoms with E-state index in [0.29, 0.717) is 44.1 Å². The maximum absolute atomic E-state index is 13.4. The number of nitrogens with zero attached hydrogens (tertiary/aromatic N) is 1. The molecule has 0 fully saturated rings. The van der Waals surface area contributed by atoms with E-state index in [4.69, 9.17) is 9.47 Å². The lowest BCUT2D eigenvalue weighted by atomic mass is 10.1. The van der Waals surface area contributed by atoms with Crippen LogP contribution in [0.4, 0.5) is 0 Å². The highest BCUT2D eigenvalue weighted by molar-refractivity contribution is 5.87. The topological polar surface area (TPSA) is 67.9 Å². The zero-order chi connectivity index (χ0) is 25.1. The third kappa shape index (κ3) is 8.08. The number of benzene rings is 2. The zero-order valence-corrected chi connectivity index (χ0v) is 21.5. The smallest absolute Gasteiger partial charge is 0.242 e. The number of ether oxygens (including phenoxy) is 2. The number of hydrogen-bond acceptors (Lipinski definition) is 4. The maximum atomic E-state index is 13.4. The molecule has 0 radical (unpaired) electrons. The summed E-state index contributed by atoms with van der Waals surface area (Å²) in [5.74, 6) is 1.21. The molecule has 0 saturated carbocycles. The minimum absolute atomic E-state index is 0.0563. The van der Waals surface area contributed by atoms with Gasteiger partial charge in [0.25, 0.3) is 0 Å². The van der Waals surface area contributed by atoms with Crippen LogP contribution in [0.2, 0.25) is 0 Å². The molecule has 0 saturated heterocycles. The van der Waals surface area contributed by atoms with E-state index in [1.165, 1.54) is 0 Å². The lowest BCUT2D eigenvalue weighted by Crippen LogP contribution is -2.49. The molecule has 186 valence electrons. The normalized spacial score (nSPS) is 12.5. The Hall–Kier alpha value is -3.02. The third-order valence-electron chi connectivity index (χ3n) is 5.88. The van der Waals surface area contributed by atoms with E-state index < -0.39 is 6.04 Å². The summed E-state index contributed by atoms with van der Waals surface area (Å²) in [6.45, 7) is 13.2. The first-order chi connectivity index (χ1) is 16.3. The Morgan fingerprint density at radius 3 is 2.15 bits per heavy atom. The van der Waals surface area contributed by atoms with Crippen LogP contribution in [0.15, 0.2) is 42.5 Å². The lowest BCUT2D eigenvalue weighted by molar-refractivity contribution is -0.140. The predicted octanol–water partition coefficient (Wildman–Crippen LogP) is 5.06. The van der Waals surface area contributed by atoms with Crippen LogP contribution in [0.5, 0.6) is 11.5 Å². The highest BCUT2D eigenvalue weighted by Gasteiger charge is 2.26. The predicted molar refractivity (Wildman–Crippen MR) is 136 cm³/mol. The number of carbonyl (C=O) groups is 2. The van der Waals surface area contributed by atoms with Crippen molar-refractivity contribution >= 4 is 11.8 Å². The second kappa shape index (κ2) is 13.6. The molecule has 34 heavy (non-hydrogen) atoms. The van der Waals surface area contributed by atoms with Gasteiger partial charge in [-0.1, -0.05) is 42.8 Å². The van der Waals surface area contributed by atoms with Gasteiger partial charge in [-0.25, -0.2) is 0 Å². The Bertz CT molecular complexity index is 927. The minimum atomic E-state index is -0.567. The van der Waals surface area contributed by atoms with Gasteiger partial charge in [0.2, 0.25) is 11.8 Å². The molecule has 0 aliphatic heterocycles. The Labute approximate surface area is 204 Å². The number of nitrogens with one attached hydrogen (secondary N) is 1. The summed E-state index contributed by atoms with van der Waals surface area (Å²) >= 11 is 0. The van der Waals surface area contributed by atoms with Crippen LogP contribution in [0.25, 0.3) is 0 Å². The van der Waals surface area contributed by atoms with Gasteiger partial charge in [-0.05, 0) is 70.7 Å². The number of carbonyl (C=O) groups excluding carboxylic acids is 2. The van der Waals surface area contributed by atoms with Crippen LogP contribution in [-0.4, -0.2) is 42.0 Å². The van der Waals surface area contributed by atoms with Gasteiger partial charge in [-0.2, -0.15) is 0 Å².